The van der Waals surface area contributed by atoms with Crippen LogP contribution in [0.2, 0.25) is 0 Å². The fourth-order valence-electron chi connectivity index (χ4n) is 3.90. The van der Waals surface area contributed by atoms with Crippen LogP contribution in [0.1, 0.15) is 47.5 Å². The number of piperidine rings is 1. The Kier molecular flexibility index (Phi) is 4.64. The van der Waals surface area contributed by atoms with Crippen LogP contribution in [0, 0.1) is 29.6 Å². The van der Waals surface area contributed by atoms with Gasteiger partial charge in [0.25, 0.3) is 0 Å². The van der Waals surface area contributed by atoms with Gasteiger partial charge >= 0.3 is 6.09 Å². The maximum atomic E-state index is 12.2. The monoisotopic (exact) mass is 295 g/mol. The zero-order valence-corrected chi connectivity index (χ0v) is 14.0. The SMILES string of the molecule is CC(C)[C@@H]1[C@H](C=O)[C@H]1[C@H]1CCCN(C(=O)OC(C)(C)C)C1. The number of hydrogen-bond donors (Lipinski definition) is 0. The van der Waals surface area contributed by atoms with Crippen molar-refractivity contribution < 1.29 is 14.3 Å². The molecule has 1 aliphatic heterocycles. The number of hydrogen-bond acceptors (Lipinski definition) is 3. The molecule has 21 heavy (non-hydrogen) atoms. The van der Waals surface area contributed by atoms with Crippen molar-refractivity contribution in [3.05, 3.63) is 0 Å². The van der Waals surface area contributed by atoms with E-state index in [1.807, 2.05) is 25.7 Å². The molecule has 2 aliphatic rings. The number of carbonyl (C=O) groups is 2. The van der Waals surface area contributed by atoms with Crippen molar-refractivity contribution in [2.75, 3.05) is 13.1 Å². The molecule has 0 aromatic carbocycles. The molecule has 1 saturated carbocycles. The molecule has 4 heteroatoms. The Morgan fingerprint density at radius 2 is 2.00 bits per heavy atom. The van der Waals surface area contributed by atoms with Crippen molar-refractivity contribution in [2.45, 2.75) is 53.1 Å². The van der Waals surface area contributed by atoms with E-state index in [4.69, 9.17) is 4.74 Å². The van der Waals surface area contributed by atoms with E-state index in [0.717, 1.165) is 32.2 Å². The van der Waals surface area contributed by atoms with Gasteiger partial charge in [-0.3, -0.25) is 0 Å². The van der Waals surface area contributed by atoms with Gasteiger partial charge in [0.15, 0.2) is 0 Å². The van der Waals surface area contributed by atoms with Crippen molar-refractivity contribution in [1.29, 1.82) is 0 Å². The van der Waals surface area contributed by atoms with Gasteiger partial charge in [0.2, 0.25) is 0 Å². The second-order valence-electron chi connectivity index (χ2n) is 7.94. The van der Waals surface area contributed by atoms with Crippen LogP contribution in [0.15, 0.2) is 0 Å². The number of rotatable bonds is 3. The third-order valence-corrected chi connectivity index (χ3v) is 4.77. The lowest BCUT2D eigenvalue weighted by Crippen LogP contribution is -2.43. The molecule has 4 atom stereocenters. The minimum absolute atomic E-state index is 0.202. The predicted molar refractivity (Wildman–Crippen MR) is 81.9 cm³/mol. The number of likely N-dealkylation sites (tertiary alicyclic amines) is 1. The van der Waals surface area contributed by atoms with E-state index in [0.29, 0.717) is 23.7 Å². The molecule has 0 unspecified atom stereocenters. The van der Waals surface area contributed by atoms with Gasteiger partial charge in [-0.25, -0.2) is 4.79 Å². The normalized spacial score (nSPS) is 33.0. The summed E-state index contributed by atoms with van der Waals surface area (Å²) in [5.74, 6) is 2.17. The Hall–Kier alpha value is -1.06. The molecule has 2 rings (SSSR count). The first-order chi connectivity index (χ1) is 9.74. The van der Waals surface area contributed by atoms with Gasteiger partial charge in [-0.15, -0.1) is 0 Å². The van der Waals surface area contributed by atoms with Crippen LogP contribution in [-0.2, 0) is 9.53 Å². The third kappa shape index (κ3) is 3.78. The molecule has 4 nitrogen and oxygen atoms in total. The number of amides is 1. The zero-order valence-electron chi connectivity index (χ0n) is 14.0. The topological polar surface area (TPSA) is 46.6 Å². The molecule has 0 spiro atoms. The second-order valence-corrected chi connectivity index (χ2v) is 7.94. The lowest BCUT2D eigenvalue weighted by atomic mass is 9.90. The summed E-state index contributed by atoms with van der Waals surface area (Å²) in [6.45, 7) is 11.6. The van der Waals surface area contributed by atoms with Gasteiger partial charge in [0.1, 0.15) is 11.9 Å². The van der Waals surface area contributed by atoms with Crippen molar-refractivity contribution in [2.24, 2.45) is 29.6 Å². The maximum Gasteiger partial charge on any atom is 0.410 e. The Morgan fingerprint density at radius 1 is 1.33 bits per heavy atom. The molecule has 2 fully saturated rings. The van der Waals surface area contributed by atoms with Crippen molar-refractivity contribution in [3.8, 4) is 0 Å². The Bertz CT molecular complexity index is 399. The first kappa shape index (κ1) is 16.3. The lowest BCUT2D eigenvalue weighted by Gasteiger charge is -2.34. The molecule has 1 aliphatic carbocycles. The molecule has 120 valence electrons. The summed E-state index contributed by atoms with van der Waals surface area (Å²) in [6, 6.07) is 0. The van der Waals surface area contributed by atoms with Crippen LogP contribution in [0.25, 0.3) is 0 Å². The number of aldehydes is 1. The van der Waals surface area contributed by atoms with Crippen LogP contribution >= 0.6 is 0 Å². The highest BCUT2D eigenvalue weighted by Gasteiger charge is 2.55. The summed E-state index contributed by atoms with van der Waals surface area (Å²) in [4.78, 5) is 25.3. The maximum absolute atomic E-state index is 12.2. The van der Waals surface area contributed by atoms with Crippen molar-refractivity contribution in [1.82, 2.24) is 4.90 Å². The molecular formula is C17H29NO3. The van der Waals surface area contributed by atoms with E-state index in [9.17, 15) is 9.59 Å². The standard InChI is InChI=1S/C17H29NO3/c1-11(2)14-13(10-19)15(14)12-7-6-8-18(9-12)16(20)21-17(3,4)5/h10-15H,6-9H2,1-5H3/t12-,13-,14+,15+/m0/s1. The molecule has 1 amide bonds. The van der Waals surface area contributed by atoms with E-state index in [1.54, 1.807) is 0 Å². The fourth-order valence-corrected chi connectivity index (χ4v) is 3.90. The van der Waals surface area contributed by atoms with Crippen LogP contribution in [0.3, 0.4) is 0 Å². The van der Waals surface area contributed by atoms with E-state index >= 15 is 0 Å². The summed E-state index contributed by atoms with van der Waals surface area (Å²) in [5.41, 5.74) is -0.449. The summed E-state index contributed by atoms with van der Waals surface area (Å²) in [5, 5.41) is 0. The van der Waals surface area contributed by atoms with Gasteiger partial charge < -0.3 is 14.4 Å². The van der Waals surface area contributed by atoms with E-state index in [-0.39, 0.29) is 12.0 Å². The molecule has 0 aromatic heterocycles. The number of nitrogens with zero attached hydrogens (tertiary/aromatic N) is 1. The van der Waals surface area contributed by atoms with Crippen molar-refractivity contribution >= 4 is 12.4 Å². The predicted octanol–water partition coefficient (Wildman–Crippen LogP) is 3.35. The molecule has 0 bridgehead atoms. The molecular weight excluding hydrogens is 266 g/mol. The first-order valence-electron chi connectivity index (χ1n) is 8.18. The van der Waals surface area contributed by atoms with Gasteiger partial charge in [-0.2, -0.15) is 0 Å². The Labute approximate surface area is 128 Å². The highest BCUT2D eigenvalue weighted by atomic mass is 16.6. The summed E-state index contributed by atoms with van der Waals surface area (Å²) in [6.07, 6.45) is 3.05. The summed E-state index contributed by atoms with van der Waals surface area (Å²) in [7, 11) is 0. The molecule has 1 heterocycles. The number of carbonyl (C=O) groups excluding carboxylic acids is 2. The lowest BCUT2D eigenvalue weighted by molar-refractivity contribution is -0.109. The number of ether oxygens (including phenoxy) is 1. The van der Waals surface area contributed by atoms with Gasteiger partial charge in [-0.1, -0.05) is 13.8 Å². The van der Waals surface area contributed by atoms with Crippen LogP contribution in [0.4, 0.5) is 4.79 Å². The molecule has 0 radical (unpaired) electrons. The quantitative estimate of drug-likeness (QED) is 0.750. The zero-order chi connectivity index (χ0) is 15.8. The smallest absolute Gasteiger partial charge is 0.410 e. The average molecular weight is 295 g/mol. The van der Waals surface area contributed by atoms with Gasteiger partial charge in [-0.05, 0) is 57.3 Å². The minimum atomic E-state index is -0.449. The van der Waals surface area contributed by atoms with Crippen LogP contribution < -0.4 is 0 Å². The molecule has 0 aromatic rings. The van der Waals surface area contributed by atoms with E-state index in [2.05, 4.69) is 13.8 Å². The van der Waals surface area contributed by atoms with Crippen molar-refractivity contribution in [3.63, 3.8) is 0 Å². The van der Waals surface area contributed by atoms with E-state index in [1.165, 1.54) is 0 Å². The molecule has 0 N–H and O–H groups in total. The van der Waals surface area contributed by atoms with Gasteiger partial charge in [0.05, 0.1) is 0 Å². The molecule has 1 saturated heterocycles. The Balaban J connectivity index is 1.95. The first-order valence-corrected chi connectivity index (χ1v) is 8.18. The fraction of sp³-hybridized carbons (Fsp3) is 0.882. The highest BCUT2D eigenvalue weighted by Crippen LogP contribution is 2.55. The largest absolute Gasteiger partial charge is 0.444 e. The second kappa shape index (κ2) is 5.98. The Morgan fingerprint density at radius 3 is 2.48 bits per heavy atom. The van der Waals surface area contributed by atoms with E-state index < -0.39 is 5.60 Å². The summed E-state index contributed by atoms with van der Waals surface area (Å²) >= 11 is 0. The van der Waals surface area contributed by atoms with Crippen LogP contribution in [0.5, 0.6) is 0 Å². The van der Waals surface area contributed by atoms with Gasteiger partial charge in [0, 0.05) is 19.0 Å². The van der Waals surface area contributed by atoms with Crippen LogP contribution in [-0.4, -0.2) is 36.0 Å². The minimum Gasteiger partial charge on any atom is -0.444 e. The summed E-state index contributed by atoms with van der Waals surface area (Å²) < 4.78 is 5.47. The average Bonchev–Trinajstić information content (AvgIpc) is 3.11. The third-order valence-electron chi connectivity index (χ3n) is 4.77. The highest BCUT2D eigenvalue weighted by molar-refractivity contribution is 5.68.